The van der Waals surface area contributed by atoms with Crippen LogP contribution in [0.4, 0.5) is 0 Å². The smallest absolute Gasteiger partial charge is 0.337 e. The van der Waals surface area contributed by atoms with Crippen molar-refractivity contribution < 1.29 is 24.5 Å². The number of fused-ring (bicyclic) bond motifs is 1. The minimum absolute atomic E-state index is 0.0637. The van der Waals surface area contributed by atoms with Gasteiger partial charge in [-0.15, -0.1) is 0 Å². The van der Waals surface area contributed by atoms with Crippen molar-refractivity contribution in [1.29, 1.82) is 0 Å². The lowest BCUT2D eigenvalue weighted by Gasteiger charge is -2.07. The van der Waals surface area contributed by atoms with E-state index in [1.807, 2.05) is 18.2 Å². The predicted molar refractivity (Wildman–Crippen MR) is 93.3 cm³/mol. The quantitative estimate of drug-likeness (QED) is 0.697. The number of halogens is 1. The second kappa shape index (κ2) is 6.86. The molecule has 0 bridgehead atoms. The van der Waals surface area contributed by atoms with E-state index in [1.54, 1.807) is 24.3 Å². The summed E-state index contributed by atoms with van der Waals surface area (Å²) in [5, 5.41) is 18.4. The van der Waals surface area contributed by atoms with Gasteiger partial charge in [0.1, 0.15) is 5.75 Å². The second-order valence-corrected chi connectivity index (χ2v) is 5.77. The fraction of sp³-hybridized carbons (Fsp3) is 0.111. The van der Waals surface area contributed by atoms with Gasteiger partial charge >= 0.3 is 11.9 Å². The van der Waals surface area contributed by atoms with Crippen molar-refractivity contribution in [1.82, 2.24) is 4.09 Å². The number of aromatic carboxylic acids is 1. The fourth-order valence-electron chi connectivity index (χ4n) is 2.54. The maximum Gasteiger partial charge on any atom is 0.337 e. The summed E-state index contributed by atoms with van der Waals surface area (Å²) in [5.41, 5.74) is 2.48. The molecular weight excluding hydrogens is 346 g/mol. The summed E-state index contributed by atoms with van der Waals surface area (Å²) < 4.78 is 6.62. The highest BCUT2D eigenvalue weighted by Gasteiger charge is 2.14. The number of carboxylic acids is 2. The summed E-state index contributed by atoms with van der Waals surface area (Å²) in [4.78, 5) is 21.8. The maximum absolute atomic E-state index is 11.3. The Bertz CT molecular complexity index is 946. The van der Waals surface area contributed by atoms with E-state index in [0.717, 1.165) is 11.1 Å². The summed E-state index contributed by atoms with van der Waals surface area (Å²) >= 11 is 6.01. The Balaban J connectivity index is 1.87. The van der Waals surface area contributed by atoms with Gasteiger partial charge in [-0.2, -0.15) is 0 Å². The first-order valence-electron chi connectivity index (χ1n) is 7.45. The monoisotopic (exact) mass is 359 g/mol. The van der Waals surface area contributed by atoms with Crippen LogP contribution < -0.4 is 4.74 Å². The first-order valence-corrected chi connectivity index (χ1v) is 7.79. The third kappa shape index (κ3) is 3.59. The molecule has 3 aromatic rings. The van der Waals surface area contributed by atoms with E-state index in [0.29, 0.717) is 16.7 Å². The van der Waals surface area contributed by atoms with Crippen molar-refractivity contribution in [2.24, 2.45) is 0 Å². The van der Waals surface area contributed by atoms with Gasteiger partial charge in [-0.1, -0.05) is 18.2 Å². The van der Waals surface area contributed by atoms with Gasteiger partial charge in [0.2, 0.25) is 0 Å². The van der Waals surface area contributed by atoms with E-state index in [1.165, 1.54) is 10.3 Å². The number of aliphatic carboxylic acids is 1. The lowest BCUT2D eigenvalue weighted by Crippen LogP contribution is -2.04. The zero-order valence-electron chi connectivity index (χ0n) is 13.0. The van der Waals surface area contributed by atoms with Gasteiger partial charge < -0.3 is 14.9 Å². The normalized spacial score (nSPS) is 10.8. The van der Waals surface area contributed by atoms with Crippen molar-refractivity contribution in [3.05, 3.63) is 54.2 Å². The fourth-order valence-corrected chi connectivity index (χ4v) is 2.79. The van der Waals surface area contributed by atoms with E-state index < -0.39 is 11.9 Å². The standard InChI is InChI=1S/C18H14ClNO5/c19-20-10-15(18(23)24)14-9-12(3-6-16(14)20)11-1-4-13(5-2-11)25-8-7-17(21)22/h1-6,9-10H,7-8H2,(H,21,22)(H,23,24). The van der Waals surface area contributed by atoms with Crippen LogP contribution in [0.15, 0.2) is 48.7 Å². The molecule has 25 heavy (non-hydrogen) atoms. The molecule has 1 heterocycles. The van der Waals surface area contributed by atoms with Crippen molar-refractivity contribution in [2.75, 3.05) is 6.61 Å². The highest BCUT2D eigenvalue weighted by Crippen LogP contribution is 2.29. The topological polar surface area (TPSA) is 88.8 Å². The molecule has 0 aliphatic rings. The van der Waals surface area contributed by atoms with Gasteiger partial charge in [0, 0.05) is 23.4 Å². The zero-order chi connectivity index (χ0) is 18.0. The largest absolute Gasteiger partial charge is 0.493 e. The SMILES string of the molecule is O=C(O)CCOc1ccc(-c2ccc3c(c2)c(C(=O)O)cn3Cl)cc1. The first-order chi connectivity index (χ1) is 12.0. The third-order valence-electron chi connectivity index (χ3n) is 3.76. The van der Waals surface area contributed by atoms with Crippen molar-refractivity contribution in [3.8, 4) is 16.9 Å². The Morgan fingerprint density at radius 2 is 1.72 bits per heavy atom. The molecule has 6 nitrogen and oxygen atoms in total. The lowest BCUT2D eigenvalue weighted by molar-refractivity contribution is -0.137. The molecule has 0 spiro atoms. The Morgan fingerprint density at radius 1 is 1.04 bits per heavy atom. The lowest BCUT2D eigenvalue weighted by atomic mass is 10.0. The van der Waals surface area contributed by atoms with Crippen molar-refractivity contribution >= 4 is 34.6 Å². The van der Waals surface area contributed by atoms with E-state index in [2.05, 4.69) is 0 Å². The third-order valence-corrected chi connectivity index (χ3v) is 4.04. The van der Waals surface area contributed by atoms with Crippen LogP contribution in [-0.2, 0) is 4.79 Å². The van der Waals surface area contributed by atoms with Crippen LogP contribution in [0.5, 0.6) is 5.75 Å². The van der Waals surface area contributed by atoms with Crippen LogP contribution in [0.25, 0.3) is 22.0 Å². The Labute approximate surface area is 147 Å². The molecule has 0 saturated carbocycles. The van der Waals surface area contributed by atoms with Crippen molar-refractivity contribution in [3.63, 3.8) is 0 Å². The number of hydrogen-bond donors (Lipinski definition) is 2. The summed E-state index contributed by atoms with van der Waals surface area (Å²) in [6, 6.07) is 12.5. The van der Waals surface area contributed by atoms with Crippen LogP contribution in [0.3, 0.4) is 0 Å². The number of rotatable bonds is 6. The molecule has 2 N–H and O–H groups in total. The molecule has 0 fully saturated rings. The molecule has 0 unspecified atom stereocenters. The van der Waals surface area contributed by atoms with E-state index in [9.17, 15) is 14.7 Å². The van der Waals surface area contributed by atoms with Crippen LogP contribution in [0, 0.1) is 0 Å². The van der Waals surface area contributed by atoms with Gasteiger partial charge in [-0.25, -0.2) is 4.79 Å². The summed E-state index contributed by atoms with van der Waals surface area (Å²) in [5.74, 6) is -1.38. The van der Waals surface area contributed by atoms with Gasteiger partial charge in [0.15, 0.2) is 0 Å². The zero-order valence-corrected chi connectivity index (χ0v) is 13.7. The number of hydrogen-bond acceptors (Lipinski definition) is 3. The van der Waals surface area contributed by atoms with Crippen molar-refractivity contribution in [2.45, 2.75) is 6.42 Å². The molecule has 1 aromatic heterocycles. The molecule has 3 rings (SSSR count). The Hall–Kier alpha value is -2.99. The highest BCUT2D eigenvalue weighted by atomic mass is 35.5. The number of ether oxygens (including phenoxy) is 1. The highest BCUT2D eigenvalue weighted by molar-refractivity contribution is 6.21. The molecule has 0 aliphatic carbocycles. The predicted octanol–water partition coefficient (Wildman–Crippen LogP) is 3.86. The molecule has 0 radical (unpaired) electrons. The van der Waals surface area contributed by atoms with Gasteiger partial charge in [0.25, 0.3) is 0 Å². The molecular formula is C18H14ClNO5. The summed E-state index contributed by atoms with van der Waals surface area (Å²) in [6.45, 7) is 0.103. The number of nitrogens with zero attached hydrogens (tertiary/aromatic N) is 1. The van der Waals surface area contributed by atoms with Crippen LogP contribution in [0.2, 0.25) is 0 Å². The Morgan fingerprint density at radius 3 is 2.36 bits per heavy atom. The van der Waals surface area contributed by atoms with E-state index in [4.69, 9.17) is 21.6 Å². The number of carboxylic acid groups (broad SMARTS) is 2. The van der Waals surface area contributed by atoms with Gasteiger partial charge in [-0.05, 0) is 35.4 Å². The van der Waals surface area contributed by atoms with Gasteiger partial charge in [0.05, 0.1) is 24.1 Å². The van der Waals surface area contributed by atoms with E-state index >= 15 is 0 Å². The minimum Gasteiger partial charge on any atom is -0.493 e. The summed E-state index contributed by atoms with van der Waals surface area (Å²) in [6.07, 6.45) is 1.31. The van der Waals surface area contributed by atoms with Crippen LogP contribution >= 0.6 is 11.8 Å². The van der Waals surface area contributed by atoms with Crippen LogP contribution in [0.1, 0.15) is 16.8 Å². The molecule has 7 heteroatoms. The maximum atomic E-state index is 11.3. The Kier molecular flexibility index (Phi) is 4.63. The molecule has 0 saturated heterocycles. The number of benzene rings is 2. The average molecular weight is 360 g/mol. The molecule has 2 aromatic carbocycles. The minimum atomic E-state index is -1.04. The van der Waals surface area contributed by atoms with Crippen LogP contribution in [-0.4, -0.2) is 32.8 Å². The molecule has 0 atom stereocenters. The van der Waals surface area contributed by atoms with E-state index in [-0.39, 0.29) is 18.6 Å². The average Bonchev–Trinajstić information content (AvgIpc) is 2.92. The van der Waals surface area contributed by atoms with Gasteiger partial charge in [-0.3, -0.25) is 8.88 Å². The molecule has 0 aliphatic heterocycles. The number of carbonyl (C=O) groups is 2. The second-order valence-electron chi connectivity index (χ2n) is 5.41. The summed E-state index contributed by atoms with van der Waals surface area (Å²) in [7, 11) is 0. The molecule has 0 amide bonds. The first kappa shape index (κ1) is 16.9. The number of aromatic nitrogens is 1. The molecule has 128 valence electrons.